The van der Waals surface area contributed by atoms with E-state index in [-0.39, 0.29) is 17.8 Å². The van der Waals surface area contributed by atoms with Gasteiger partial charge in [0.2, 0.25) is 0 Å². The Morgan fingerprint density at radius 2 is 1.59 bits per heavy atom. The molecular formula is C15H11N3O4. The molecule has 1 aliphatic rings. The van der Waals surface area contributed by atoms with Crippen molar-refractivity contribution in [3.05, 3.63) is 59.7 Å². The molecule has 2 amide bonds. The molecule has 2 heterocycles. The summed E-state index contributed by atoms with van der Waals surface area (Å²) in [6.07, 6.45) is 2.61. The van der Waals surface area contributed by atoms with Gasteiger partial charge in [0.1, 0.15) is 6.04 Å². The van der Waals surface area contributed by atoms with Crippen LogP contribution in [0.3, 0.4) is 0 Å². The lowest BCUT2D eigenvalue weighted by molar-refractivity contribution is -0.141. The van der Waals surface area contributed by atoms with E-state index in [4.69, 9.17) is 0 Å². The van der Waals surface area contributed by atoms with Crippen molar-refractivity contribution in [2.75, 3.05) is 0 Å². The van der Waals surface area contributed by atoms with Gasteiger partial charge < -0.3 is 5.11 Å². The number of hydrogen-bond donors (Lipinski definition) is 1. The number of benzene rings is 1. The number of carbonyl (C=O) groups is 3. The molecule has 1 aromatic carbocycles. The van der Waals surface area contributed by atoms with Crippen molar-refractivity contribution in [1.82, 2.24) is 14.9 Å². The Bertz CT molecular complexity index is 725. The smallest absolute Gasteiger partial charge is 0.327 e. The third kappa shape index (κ3) is 2.22. The molecule has 0 saturated carbocycles. The van der Waals surface area contributed by atoms with Gasteiger partial charge in [-0.3, -0.25) is 14.5 Å². The van der Waals surface area contributed by atoms with Crippen molar-refractivity contribution in [3.63, 3.8) is 0 Å². The number of fused-ring (bicyclic) bond motifs is 1. The number of aromatic nitrogens is 2. The first-order chi connectivity index (χ1) is 10.6. The number of aliphatic carboxylic acids is 1. The summed E-state index contributed by atoms with van der Waals surface area (Å²) in [7, 11) is 0. The lowest BCUT2D eigenvalue weighted by Crippen LogP contribution is -2.46. The minimum Gasteiger partial charge on any atom is -0.480 e. The fraction of sp³-hybridized carbons (Fsp3) is 0.133. The third-order valence-corrected chi connectivity index (χ3v) is 3.41. The number of carbonyl (C=O) groups excluding carboxylic acids is 2. The second-order valence-electron chi connectivity index (χ2n) is 4.78. The van der Waals surface area contributed by atoms with Gasteiger partial charge in [-0.2, -0.15) is 0 Å². The van der Waals surface area contributed by atoms with Crippen molar-refractivity contribution in [1.29, 1.82) is 0 Å². The highest BCUT2D eigenvalue weighted by molar-refractivity contribution is 6.20. The van der Waals surface area contributed by atoms with E-state index in [1.54, 1.807) is 30.3 Å². The lowest BCUT2D eigenvalue weighted by atomic mass is 10.0. The maximum atomic E-state index is 12.3. The zero-order valence-electron chi connectivity index (χ0n) is 11.3. The minimum atomic E-state index is -1.29. The Morgan fingerprint density at radius 1 is 1.05 bits per heavy atom. The van der Waals surface area contributed by atoms with Crippen LogP contribution in [0.25, 0.3) is 0 Å². The van der Waals surface area contributed by atoms with E-state index in [0.717, 1.165) is 4.90 Å². The lowest BCUT2D eigenvalue weighted by Gasteiger charge is -2.22. The quantitative estimate of drug-likeness (QED) is 0.836. The number of carboxylic acid groups (broad SMARTS) is 1. The number of imide groups is 1. The highest BCUT2D eigenvalue weighted by Gasteiger charge is 2.44. The van der Waals surface area contributed by atoms with E-state index in [1.807, 2.05) is 0 Å². The molecule has 110 valence electrons. The summed E-state index contributed by atoms with van der Waals surface area (Å²) in [5.74, 6) is -2.70. The van der Waals surface area contributed by atoms with Gasteiger partial charge in [-0.1, -0.05) is 30.3 Å². The topological polar surface area (TPSA) is 100 Å². The van der Waals surface area contributed by atoms with Crippen LogP contribution in [-0.2, 0) is 11.2 Å². The number of nitrogens with zero attached hydrogens (tertiary/aromatic N) is 3. The SMILES string of the molecule is O=C(O)[C@@H](Cc1ccccc1)N1C(=O)c2nccnc2C1=O. The molecule has 0 radical (unpaired) electrons. The monoisotopic (exact) mass is 297 g/mol. The third-order valence-electron chi connectivity index (χ3n) is 3.41. The number of rotatable bonds is 4. The molecule has 0 unspecified atom stereocenters. The molecule has 1 aromatic heterocycles. The Hall–Kier alpha value is -3.09. The van der Waals surface area contributed by atoms with Crippen LogP contribution in [0.1, 0.15) is 26.5 Å². The summed E-state index contributed by atoms with van der Waals surface area (Å²) >= 11 is 0. The molecule has 0 spiro atoms. The Kier molecular flexibility index (Phi) is 3.38. The van der Waals surface area contributed by atoms with Crippen LogP contribution < -0.4 is 0 Å². The molecule has 0 aliphatic carbocycles. The molecule has 0 saturated heterocycles. The second-order valence-corrected chi connectivity index (χ2v) is 4.78. The largest absolute Gasteiger partial charge is 0.480 e. The molecule has 0 bridgehead atoms. The standard InChI is InChI=1S/C15H11N3O4/c19-13-11-12(17-7-6-16-11)14(20)18(13)10(15(21)22)8-9-4-2-1-3-5-9/h1-7,10H,8H2,(H,21,22)/t10-/m1/s1. The van der Waals surface area contributed by atoms with Crippen molar-refractivity contribution in [2.45, 2.75) is 12.5 Å². The van der Waals surface area contributed by atoms with E-state index in [0.29, 0.717) is 5.56 Å². The summed E-state index contributed by atoms with van der Waals surface area (Å²) < 4.78 is 0. The van der Waals surface area contributed by atoms with Crippen LogP contribution in [0.4, 0.5) is 0 Å². The Labute approximate surface area is 125 Å². The molecule has 3 rings (SSSR count). The summed E-state index contributed by atoms with van der Waals surface area (Å²) in [5.41, 5.74) is 0.506. The van der Waals surface area contributed by atoms with Gasteiger partial charge in [0, 0.05) is 18.8 Å². The van der Waals surface area contributed by atoms with Gasteiger partial charge in [0.15, 0.2) is 11.4 Å². The van der Waals surface area contributed by atoms with E-state index in [1.165, 1.54) is 12.4 Å². The van der Waals surface area contributed by atoms with Gasteiger partial charge in [-0.25, -0.2) is 14.8 Å². The average Bonchev–Trinajstić information content (AvgIpc) is 2.78. The van der Waals surface area contributed by atoms with Gasteiger partial charge in [-0.05, 0) is 5.56 Å². The van der Waals surface area contributed by atoms with Crippen LogP contribution in [0.5, 0.6) is 0 Å². The Morgan fingerprint density at radius 3 is 2.09 bits per heavy atom. The van der Waals surface area contributed by atoms with Gasteiger partial charge >= 0.3 is 5.97 Å². The van der Waals surface area contributed by atoms with Gasteiger partial charge in [0.05, 0.1) is 0 Å². The molecule has 1 atom stereocenters. The van der Waals surface area contributed by atoms with E-state index in [9.17, 15) is 19.5 Å². The van der Waals surface area contributed by atoms with E-state index >= 15 is 0 Å². The fourth-order valence-electron chi connectivity index (χ4n) is 2.38. The number of carboxylic acids is 1. The second kappa shape index (κ2) is 5.36. The molecule has 1 aliphatic heterocycles. The Balaban J connectivity index is 1.95. The molecule has 1 N–H and O–H groups in total. The summed E-state index contributed by atoms with van der Waals surface area (Å²) in [4.78, 5) is 44.5. The molecule has 22 heavy (non-hydrogen) atoms. The van der Waals surface area contributed by atoms with E-state index in [2.05, 4.69) is 9.97 Å². The summed E-state index contributed by atoms with van der Waals surface area (Å²) in [5, 5.41) is 9.42. The minimum absolute atomic E-state index is 0.0294. The van der Waals surface area contributed by atoms with Crippen molar-refractivity contribution >= 4 is 17.8 Å². The fourth-order valence-corrected chi connectivity index (χ4v) is 2.38. The van der Waals surface area contributed by atoms with Crippen LogP contribution >= 0.6 is 0 Å². The normalized spacial score (nSPS) is 14.8. The molecule has 2 aromatic rings. The van der Waals surface area contributed by atoms with Crippen LogP contribution in [0, 0.1) is 0 Å². The van der Waals surface area contributed by atoms with E-state index < -0.39 is 23.8 Å². The first-order valence-electron chi connectivity index (χ1n) is 6.55. The number of amides is 2. The van der Waals surface area contributed by atoms with Crippen LogP contribution in [0.15, 0.2) is 42.7 Å². The molecule has 7 heteroatoms. The molecule has 7 nitrogen and oxygen atoms in total. The summed E-state index contributed by atoms with van der Waals surface area (Å²) in [6, 6.07) is 7.52. The first kappa shape index (κ1) is 13.9. The predicted octanol–water partition coefficient (Wildman–Crippen LogP) is 0.768. The van der Waals surface area contributed by atoms with Crippen molar-refractivity contribution in [3.8, 4) is 0 Å². The van der Waals surface area contributed by atoms with Crippen LogP contribution in [0.2, 0.25) is 0 Å². The molecular weight excluding hydrogens is 286 g/mol. The highest BCUT2D eigenvalue weighted by atomic mass is 16.4. The zero-order chi connectivity index (χ0) is 15.7. The zero-order valence-corrected chi connectivity index (χ0v) is 11.3. The highest BCUT2D eigenvalue weighted by Crippen LogP contribution is 2.23. The average molecular weight is 297 g/mol. The maximum absolute atomic E-state index is 12.3. The maximum Gasteiger partial charge on any atom is 0.327 e. The van der Waals surface area contributed by atoms with Crippen LogP contribution in [-0.4, -0.2) is 43.8 Å². The summed E-state index contributed by atoms with van der Waals surface area (Å²) in [6.45, 7) is 0. The van der Waals surface area contributed by atoms with Gasteiger partial charge in [-0.15, -0.1) is 0 Å². The van der Waals surface area contributed by atoms with Crippen molar-refractivity contribution < 1.29 is 19.5 Å². The van der Waals surface area contributed by atoms with Gasteiger partial charge in [0.25, 0.3) is 11.8 Å². The predicted molar refractivity (Wildman–Crippen MR) is 74.1 cm³/mol. The molecule has 0 fully saturated rings. The first-order valence-corrected chi connectivity index (χ1v) is 6.55. The van der Waals surface area contributed by atoms with Crippen molar-refractivity contribution in [2.24, 2.45) is 0 Å². The number of hydrogen-bond acceptors (Lipinski definition) is 5.